The highest BCUT2D eigenvalue weighted by Gasteiger charge is 2.11. The van der Waals surface area contributed by atoms with Crippen molar-refractivity contribution in [1.29, 1.82) is 0 Å². The topological polar surface area (TPSA) is 72.3 Å². The van der Waals surface area contributed by atoms with Crippen LogP contribution in [0.15, 0.2) is 29.1 Å². The smallest absolute Gasteiger partial charge is 0.300 e. The van der Waals surface area contributed by atoms with Crippen LogP contribution < -0.4 is 10.3 Å². The molecule has 8 heteroatoms. The van der Waals surface area contributed by atoms with Crippen LogP contribution in [0.3, 0.4) is 0 Å². The average Bonchev–Trinajstić information content (AvgIpc) is 2.88. The molecule has 0 saturated heterocycles. The Morgan fingerprint density at radius 2 is 2.10 bits per heavy atom. The summed E-state index contributed by atoms with van der Waals surface area (Å²) in [6, 6.07) is 7.22. The van der Waals surface area contributed by atoms with Gasteiger partial charge in [-0.2, -0.15) is 4.52 Å². The Hall–Kier alpha value is -2.06. The van der Waals surface area contributed by atoms with E-state index in [1.807, 2.05) is 19.1 Å². The lowest BCUT2D eigenvalue weighted by Crippen LogP contribution is -2.18. The lowest BCUT2D eigenvalue weighted by molar-refractivity contribution is 0.317. The normalized spacial score (nSPS) is 10.9. The second-order valence-electron chi connectivity index (χ2n) is 4.35. The molecule has 1 aromatic carbocycles. The second kappa shape index (κ2) is 5.74. The summed E-state index contributed by atoms with van der Waals surface area (Å²) in [5.74, 6) is 0.768. The number of ether oxygens (including phenoxy) is 1. The molecule has 0 spiro atoms. The summed E-state index contributed by atoms with van der Waals surface area (Å²) >= 11 is 6.22. The second-order valence-corrected chi connectivity index (χ2v) is 5.99. The molecule has 1 N–H and O–H groups in total. The van der Waals surface area contributed by atoms with Gasteiger partial charge in [-0.25, -0.2) is 0 Å². The summed E-state index contributed by atoms with van der Waals surface area (Å²) in [4.78, 5) is 12.8. The van der Waals surface area contributed by atoms with E-state index < -0.39 is 0 Å². The summed E-state index contributed by atoms with van der Waals surface area (Å²) in [6.45, 7) is 2.71. The van der Waals surface area contributed by atoms with Crippen LogP contribution in [0.5, 0.6) is 5.75 Å². The number of aromatic amines is 1. The van der Waals surface area contributed by atoms with Gasteiger partial charge in [0, 0.05) is 5.56 Å². The number of rotatable bonds is 4. The maximum absolute atomic E-state index is 12.4. The van der Waals surface area contributed by atoms with Gasteiger partial charge < -0.3 is 4.74 Å². The zero-order chi connectivity index (χ0) is 14.8. The molecule has 0 amide bonds. The molecule has 6 nitrogen and oxygen atoms in total. The number of hydrogen-bond donors (Lipinski definition) is 1. The first-order valence-corrected chi connectivity index (χ1v) is 7.63. The fourth-order valence-electron chi connectivity index (χ4n) is 1.84. The van der Waals surface area contributed by atoms with E-state index in [9.17, 15) is 4.79 Å². The third-order valence-corrected chi connectivity index (χ3v) is 3.88. The van der Waals surface area contributed by atoms with E-state index in [0.717, 1.165) is 12.2 Å². The van der Waals surface area contributed by atoms with Gasteiger partial charge in [-0.15, -0.1) is 10.2 Å². The zero-order valence-corrected chi connectivity index (χ0v) is 12.8. The Labute approximate surface area is 129 Å². The minimum absolute atomic E-state index is 0.269. The van der Waals surface area contributed by atoms with Crippen LogP contribution in [0.1, 0.15) is 13.3 Å². The number of benzene rings is 1. The third kappa shape index (κ3) is 2.72. The van der Waals surface area contributed by atoms with Gasteiger partial charge in [0.1, 0.15) is 5.75 Å². The van der Waals surface area contributed by atoms with Crippen molar-refractivity contribution in [1.82, 2.24) is 19.8 Å². The maximum Gasteiger partial charge on any atom is 0.300 e. The van der Waals surface area contributed by atoms with Crippen LogP contribution >= 0.6 is 23.6 Å². The summed E-state index contributed by atoms with van der Waals surface area (Å²) in [5.41, 5.74) is 0.699. The van der Waals surface area contributed by atoms with E-state index in [-0.39, 0.29) is 11.3 Å². The van der Waals surface area contributed by atoms with Gasteiger partial charge in [0.05, 0.1) is 6.61 Å². The fraction of sp³-hybridized carbons (Fsp3) is 0.231. The Bertz CT molecular complexity index is 880. The molecule has 0 aliphatic heterocycles. The molecular weight excluding hydrogens is 308 g/mol. The Balaban J connectivity index is 2.02. The van der Waals surface area contributed by atoms with E-state index in [1.54, 1.807) is 12.1 Å². The molecule has 3 aromatic rings. The predicted molar refractivity (Wildman–Crippen MR) is 83.5 cm³/mol. The van der Waals surface area contributed by atoms with Gasteiger partial charge in [-0.1, -0.05) is 18.3 Å². The largest absolute Gasteiger partial charge is 0.494 e. The van der Waals surface area contributed by atoms with Crippen molar-refractivity contribution < 1.29 is 4.74 Å². The number of H-pyrrole nitrogens is 1. The molecule has 0 atom stereocenters. The molecule has 0 saturated carbocycles. The summed E-state index contributed by atoms with van der Waals surface area (Å²) in [7, 11) is 0. The van der Waals surface area contributed by atoms with Crippen molar-refractivity contribution in [3.8, 4) is 17.0 Å². The van der Waals surface area contributed by atoms with Crippen LogP contribution in [-0.4, -0.2) is 26.4 Å². The fourth-order valence-corrected chi connectivity index (χ4v) is 2.76. The van der Waals surface area contributed by atoms with Crippen molar-refractivity contribution in [2.75, 3.05) is 6.61 Å². The molecule has 0 radical (unpaired) electrons. The quantitative estimate of drug-likeness (QED) is 0.748. The third-order valence-electron chi connectivity index (χ3n) is 2.82. The first kappa shape index (κ1) is 13.9. The van der Waals surface area contributed by atoms with Gasteiger partial charge in [0.25, 0.3) is 5.56 Å². The van der Waals surface area contributed by atoms with Crippen molar-refractivity contribution >= 4 is 28.5 Å². The molecule has 0 fully saturated rings. The highest BCUT2D eigenvalue weighted by Crippen LogP contribution is 2.18. The van der Waals surface area contributed by atoms with Gasteiger partial charge in [-0.3, -0.25) is 9.89 Å². The molecule has 108 valence electrons. The van der Waals surface area contributed by atoms with Gasteiger partial charge >= 0.3 is 0 Å². The number of aromatic nitrogens is 4. The number of nitrogens with zero attached hydrogens (tertiary/aromatic N) is 3. The van der Waals surface area contributed by atoms with E-state index >= 15 is 0 Å². The average molecular weight is 320 g/mol. The Morgan fingerprint density at radius 1 is 1.33 bits per heavy atom. The minimum atomic E-state index is -0.269. The minimum Gasteiger partial charge on any atom is -0.494 e. The lowest BCUT2D eigenvalue weighted by Gasteiger charge is -2.05. The van der Waals surface area contributed by atoms with Crippen LogP contribution in [-0.2, 0) is 0 Å². The van der Waals surface area contributed by atoms with Gasteiger partial charge in [0.15, 0.2) is 9.65 Å². The standard InChI is InChI=1S/C13H12N4O2S2/c1-2-7-19-9-5-3-8(4-6-9)10-11(18)17-12(15-14-10)21-13(20)16-17/h3-6H,2,7H2,1H3,(H,16,20). The zero-order valence-electron chi connectivity index (χ0n) is 11.2. The molecule has 0 unspecified atom stereocenters. The molecule has 0 bridgehead atoms. The van der Waals surface area contributed by atoms with E-state index in [1.165, 1.54) is 15.9 Å². The highest BCUT2D eigenvalue weighted by atomic mass is 32.1. The van der Waals surface area contributed by atoms with Crippen molar-refractivity contribution in [2.24, 2.45) is 0 Å². The monoisotopic (exact) mass is 320 g/mol. The molecule has 0 aliphatic rings. The SMILES string of the molecule is CCCOc1ccc(-c2nnc3sc(=S)[nH]n3c2=O)cc1. The molecule has 21 heavy (non-hydrogen) atoms. The maximum atomic E-state index is 12.4. The van der Waals surface area contributed by atoms with Crippen LogP contribution in [0.4, 0.5) is 0 Å². The Kier molecular flexibility index (Phi) is 3.80. The van der Waals surface area contributed by atoms with Crippen LogP contribution in [0, 0.1) is 3.95 Å². The van der Waals surface area contributed by atoms with Crippen molar-refractivity contribution in [2.45, 2.75) is 13.3 Å². The number of fused-ring (bicyclic) bond motifs is 1. The molecule has 2 aromatic heterocycles. The Morgan fingerprint density at radius 3 is 2.81 bits per heavy atom. The van der Waals surface area contributed by atoms with Crippen LogP contribution in [0.25, 0.3) is 16.2 Å². The van der Waals surface area contributed by atoms with Gasteiger partial charge in [-0.05, 0) is 42.9 Å². The highest BCUT2D eigenvalue weighted by molar-refractivity contribution is 7.73. The van der Waals surface area contributed by atoms with Crippen molar-refractivity contribution in [3.05, 3.63) is 38.6 Å². The first-order chi connectivity index (χ1) is 10.2. The summed E-state index contributed by atoms with van der Waals surface area (Å²) < 4.78 is 7.32. The lowest BCUT2D eigenvalue weighted by atomic mass is 10.1. The molecule has 3 rings (SSSR count). The van der Waals surface area contributed by atoms with E-state index in [0.29, 0.717) is 21.1 Å². The van der Waals surface area contributed by atoms with Crippen molar-refractivity contribution in [3.63, 3.8) is 0 Å². The van der Waals surface area contributed by atoms with Crippen LogP contribution in [0.2, 0.25) is 0 Å². The van der Waals surface area contributed by atoms with E-state index in [4.69, 9.17) is 17.0 Å². The van der Waals surface area contributed by atoms with Gasteiger partial charge in [0.2, 0.25) is 4.96 Å². The van der Waals surface area contributed by atoms with E-state index in [2.05, 4.69) is 15.3 Å². The summed E-state index contributed by atoms with van der Waals surface area (Å²) in [6.07, 6.45) is 0.947. The molecule has 2 heterocycles. The molecule has 0 aliphatic carbocycles. The number of nitrogens with one attached hydrogen (secondary N) is 1. The number of hydrogen-bond acceptors (Lipinski definition) is 6. The predicted octanol–water partition coefficient (Wildman–Crippen LogP) is 2.66. The molecular formula is C13H12N4O2S2. The first-order valence-electron chi connectivity index (χ1n) is 6.41. The summed E-state index contributed by atoms with van der Waals surface area (Å²) in [5, 5.41) is 10.8.